The van der Waals surface area contributed by atoms with E-state index >= 15 is 0 Å². The average molecular weight is 690 g/mol. The van der Waals surface area contributed by atoms with E-state index in [9.17, 15) is 19.5 Å². The summed E-state index contributed by atoms with van der Waals surface area (Å²) < 4.78 is 10.7. The standard InChI is InChI=1S/C19H22ClNO4.C17H20ClNO3.2H2/c1-13-10-15(20)14(16(11-13)25-2)12-17(22)21-19(9-6-18(23)24)7-4-3-5-8-19;1-10-8-11(18)13(12(9-10)22-2)14-15(20)17(19-16(14)21)6-4-3-5-7-17;;/h10-11H,3-5,7-8,12H2,1-2H3,(H,21,22)(H,23,24);8-9,20H,3-7H2,1-2H3,(H,19,21);2*1H. The van der Waals surface area contributed by atoms with E-state index in [4.69, 9.17) is 37.8 Å². The van der Waals surface area contributed by atoms with Gasteiger partial charge in [0, 0.05) is 19.4 Å². The summed E-state index contributed by atoms with van der Waals surface area (Å²) in [6.07, 6.45) is 8.88. The molecule has 0 unspecified atom stereocenters. The highest BCUT2D eigenvalue weighted by Crippen LogP contribution is 2.45. The van der Waals surface area contributed by atoms with Crippen molar-refractivity contribution in [1.82, 2.24) is 10.6 Å². The third kappa shape index (κ3) is 8.35. The normalized spacial score (nSPS) is 17.9. The number of rotatable bonds is 6. The highest BCUT2D eigenvalue weighted by atomic mass is 35.5. The van der Waals surface area contributed by atoms with Gasteiger partial charge in [-0.3, -0.25) is 9.59 Å². The number of carbonyl (C=O) groups is 3. The van der Waals surface area contributed by atoms with E-state index < -0.39 is 17.0 Å². The lowest BCUT2D eigenvalue weighted by Gasteiger charge is -2.33. The zero-order valence-corrected chi connectivity index (χ0v) is 28.8. The molecule has 0 atom stereocenters. The van der Waals surface area contributed by atoms with Crippen molar-refractivity contribution in [1.29, 1.82) is 0 Å². The van der Waals surface area contributed by atoms with Crippen LogP contribution in [0.2, 0.25) is 10.0 Å². The van der Waals surface area contributed by atoms with Crippen LogP contribution in [0.4, 0.5) is 0 Å². The number of aliphatic carboxylic acids is 1. The monoisotopic (exact) mass is 688 g/mol. The summed E-state index contributed by atoms with van der Waals surface area (Å²) >= 11 is 12.6. The Morgan fingerprint density at radius 3 is 2.04 bits per heavy atom. The van der Waals surface area contributed by atoms with Crippen molar-refractivity contribution in [2.45, 2.75) is 95.6 Å². The van der Waals surface area contributed by atoms with Crippen LogP contribution >= 0.6 is 23.2 Å². The molecule has 0 radical (unpaired) electrons. The summed E-state index contributed by atoms with van der Waals surface area (Å²) in [5.41, 5.74) is 1.83. The smallest absolute Gasteiger partial charge is 0.381 e. The van der Waals surface area contributed by atoms with E-state index in [-0.39, 0.29) is 32.4 Å². The third-order valence-corrected chi connectivity index (χ3v) is 9.63. The van der Waals surface area contributed by atoms with Gasteiger partial charge in [-0.2, -0.15) is 0 Å². The second-order valence-corrected chi connectivity index (χ2v) is 13.3. The highest BCUT2D eigenvalue weighted by Gasteiger charge is 2.47. The fourth-order valence-electron chi connectivity index (χ4n) is 6.72. The number of halogens is 2. The summed E-state index contributed by atoms with van der Waals surface area (Å²) in [7, 11) is 3.07. The molecule has 5 rings (SSSR count). The van der Waals surface area contributed by atoms with Crippen LogP contribution < -0.4 is 20.1 Å². The molecular formula is C36H46Cl2N2O7. The summed E-state index contributed by atoms with van der Waals surface area (Å²) in [6, 6.07) is 7.21. The lowest BCUT2D eigenvalue weighted by atomic mass is 9.80. The number of hydrogen-bond donors (Lipinski definition) is 4. The Hall–Kier alpha value is -3.87. The Labute approximate surface area is 289 Å². The van der Waals surface area contributed by atoms with Gasteiger partial charge in [-0.1, -0.05) is 67.6 Å². The molecule has 47 heavy (non-hydrogen) atoms. The molecule has 2 aromatic rings. The number of carboxylic acid groups (broad SMARTS) is 1. The van der Waals surface area contributed by atoms with Crippen molar-refractivity contribution in [3.05, 3.63) is 62.3 Å². The number of aliphatic hydroxyl groups is 1. The van der Waals surface area contributed by atoms with Crippen LogP contribution in [0.25, 0.3) is 5.57 Å². The van der Waals surface area contributed by atoms with Crippen LogP contribution in [0.3, 0.4) is 0 Å². The first-order valence-electron chi connectivity index (χ1n) is 15.8. The molecule has 4 N–H and O–H groups in total. The number of nitrogens with one attached hydrogen (secondary N) is 2. The lowest BCUT2D eigenvalue weighted by Crippen LogP contribution is -2.49. The minimum Gasteiger partial charge on any atom is -0.509 e. The number of methoxy groups -OCH3 is 2. The second-order valence-electron chi connectivity index (χ2n) is 12.5. The maximum absolute atomic E-state index is 12.6. The molecule has 256 valence electrons. The van der Waals surface area contributed by atoms with Crippen LogP contribution in [0.15, 0.2) is 30.0 Å². The Morgan fingerprint density at radius 2 is 1.47 bits per heavy atom. The van der Waals surface area contributed by atoms with Crippen molar-refractivity contribution in [2.24, 2.45) is 0 Å². The lowest BCUT2D eigenvalue weighted by molar-refractivity contribution is -0.130. The predicted octanol–water partition coefficient (Wildman–Crippen LogP) is 7.36. The van der Waals surface area contributed by atoms with Crippen LogP contribution in [0, 0.1) is 25.7 Å². The first kappa shape index (κ1) is 36.0. The van der Waals surface area contributed by atoms with Crippen LogP contribution in [0.5, 0.6) is 11.5 Å². The first-order chi connectivity index (χ1) is 22.3. The molecule has 2 aliphatic carbocycles. The van der Waals surface area contributed by atoms with Crippen LogP contribution in [0.1, 0.15) is 89.3 Å². The van der Waals surface area contributed by atoms with E-state index in [0.717, 1.165) is 62.5 Å². The van der Waals surface area contributed by atoms with Gasteiger partial charge in [0.25, 0.3) is 5.91 Å². The Bertz CT molecular complexity index is 1640. The predicted molar refractivity (Wildman–Crippen MR) is 186 cm³/mol. The summed E-state index contributed by atoms with van der Waals surface area (Å²) in [6.45, 7) is 3.81. The molecule has 9 nitrogen and oxygen atoms in total. The summed E-state index contributed by atoms with van der Waals surface area (Å²) in [5, 5.41) is 26.4. The van der Waals surface area contributed by atoms with E-state index in [1.807, 2.05) is 26.0 Å². The molecule has 0 aromatic heterocycles. The van der Waals surface area contributed by atoms with Crippen molar-refractivity contribution in [3.8, 4) is 23.3 Å². The minimum absolute atomic E-state index is 0. The second kappa shape index (κ2) is 15.4. The number of ether oxygens (including phenoxy) is 2. The third-order valence-electron chi connectivity index (χ3n) is 9.00. The number of carboxylic acids is 1. The largest absolute Gasteiger partial charge is 0.509 e. The number of aliphatic hydroxyl groups excluding tert-OH is 1. The van der Waals surface area contributed by atoms with Crippen LogP contribution in [-0.4, -0.2) is 53.3 Å². The van der Waals surface area contributed by atoms with E-state index in [0.29, 0.717) is 45.5 Å². The number of hydrogen-bond acceptors (Lipinski definition) is 6. The van der Waals surface area contributed by atoms with Gasteiger partial charge in [0.1, 0.15) is 22.8 Å². The average Bonchev–Trinajstić information content (AvgIpc) is 3.25. The van der Waals surface area contributed by atoms with Gasteiger partial charge in [-0.05, 0) is 74.9 Å². The topological polar surface area (TPSA) is 134 Å². The highest BCUT2D eigenvalue weighted by molar-refractivity contribution is 6.36. The van der Waals surface area contributed by atoms with Gasteiger partial charge in [0.05, 0.1) is 42.3 Å². The Morgan fingerprint density at radius 1 is 0.915 bits per heavy atom. The maximum atomic E-state index is 12.6. The van der Waals surface area contributed by atoms with Gasteiger partial charge >= 0.3 is 5.97 Å². The van der Waals surface area contributed by atoms with Gasteiger partial charge in [0.2, 0.25) is 5.91 Å². The number of carbonyl (C=O) groups excluding carboxylic acids is 2. The molecule has 2 saturated carbocycles. The molecule has 3 aliphatic rings. The molecule has 1 heterocycles. The van der Waals surface area contributed by atoms with Gasteiger partial charge < -0.3 is 30.3 Å². The molecule has 1 aliphatic heterocycles. The Kier molecular flexibility index (Phi) is 11.8. The zero-order valence-electron chi connectivity index (χ0n) is 27.3. The summed E-state index contributed by atoms with van der Waals surface area (Å²) in [4.78, 5) is 35.9. The molecule has 2 amide bonds. The van der Waals surface area contributed by atoms with Gasteiger partial charge in [-0.15, -0.1) is 0 Å². The van der Waals surface area contributed by atoms with Crippen molar-refractivity contribution < 1.29 is 36.9 Å². The first-order valence-corrected chi connectivity index (χ1v) is 16.6. The zero-order chi connectivity index (χ0) is 34.4. The molecule has 1 spiro atoms. The van der Waals surface area contributed by atoms with Crippen LogP contribution in [-0.2, 0) is 20.8 Å². The quantitative estimate of drug-likeness (QED) is 0.233. The minimum atomic E-state index is -1.19. The molecule has 2 aromatic carbocycles. The Balaban J connectivity index is 0.000000329. The molecular weight excluding hydrogens is 643 g/mol. The number of amides is 2. The van der Waals surface area contributed by atoms with Crippen molar-refractivity contribution in [3.63, 3.8) is 0 Å². The molecule has 0 saturated heterocycles. The summed E-state index contributed by atoms with van der Waals surface area (Å²) in [5.74, 6) is 4.40. The van der Waals surface area contributed by atoms with Crippen molar-refractivity contribution >= 4 is 46.6 Å². The van der Waals surface area contributed by atoms with Crippen molar-refractivity contribution in [2.75, 3.05) is 14.2 Å². The fraction of sp³-hybridized carbons (Fsp3) is 0.472. The van der Waals surface area contributed by atoms with E-state index in [1.165, 1.54) is 14.2 Å². The van der Waals surface area contributed by atoms with E-state index in [2.05, 4.69) is 22.5 Å². The molecule has 0 bridgehead atoms. The molecule has 11 heteroatoms. The fourth-order valence-corrected chi connectivity index (χ4v) is 7.42. The van der Waals surface area contributed by atoms with Gasteiger partial charge in [-0.25, -0.2) is 4.79 Å². The van der Waals surface area contributed by atoms with E-state index in [1.54, 1.807) is 12.1 Å². The number of benzene rings is 2. The number of aryl methyl sites for hydroxylation is 2. The SMILES string of the molecule is COc1cc(C)cc(Cl)c1C1=C(O)C2(CCCCC2)NC1=O.COc1cc(C)cc(Cl)c1CC(=O)NC1(C#CC(=O)O)CCCCC1.[HH].[HH]. The van der Waals surface area contributed by atoms with Gasteiger partial charge in [0.15, 0.2) is 0 Å². The maximum Gasteiger partial charge on any atom is 0.381 e. The molecule has 2 fully saturated rings.